The van der Waals surface area contributed by atoms with Crippen molar-refractivity contribution in [3.05, 3.63) is 29.8 Å². The summed E-state index contributed by atoms with van der Waals surface area (Å²) in [6.07, 6.45) is 15.0. The van der Waals surface area contributed by atoms with Gasteiger partial charge in [0, 0.05) is 63.7 Å². The Labute approximate surface area is 600 Å². The molecule has 1 aromatic rings. The highest BCUT2D eigenvalue weighted by Crippen LogP contribution is 2.18. The number of hydrogen-bond donors (Lipinski definition) is 14. The van der Waals surface area contributed by atoms with E-state index in [0.717, 1.165) is 66.9 Å². The maximum Gasteiger partial charge on any atom is 0.303 e. The van der Waals surface area contributed by atoms with Crippen molar-refractivity contribution in [2.75, 3.05) is 95.9 Å². The van der Waals surface area contributed by atoms with E-state index in [1.807, 2.05) is 0 Å². The molecule has 1 saturated heterocycles. The molecule has 13 amide bonds. The molecule has 1 aliphatic rings. The lowest BCUT2D eigenvalue weighted by Crippen LogP contribution is -2.61. The number of carbonyl (C=O) groups is 14. The van der Waals surface area contributed by atoms with E-state index in [9.17, 15) is 72.2 Å². The standard InChI is InChI=1S/C67H111N13O19S2/c1-4-45(2)61-66(95)76-48(27-28-53(68)82)63(92)77-50(39-54(69)83)64(93)78-51(42-100-37-19-21-57(86)74-49(65(94)79-61)38-46-23-25-47(81)26-24-46)62(91)73-40-58(87)75-52(67(96)80(3)41-55(70)84)43-101-44-59(88)72-30-32-98-34-36-99-35-33-97-31-29-71-56(85)20-17-15-13-11-9-7-5-6-8-10-12-14-16-18-22-60(89)90/h23-26,45,48-52,61,81H,4-22,27-44H2,1-3H3,(H2,68,82)(H2,69,83)(H2,70,84)(H,71,85)(H,72,88)(H,73,91)(H,74,86)(H,75,87)(H,76,95)(H,77,92)(H,78,93)(H,79,94)(H,89,90)/t45-,48-,49-,50-,51-,52-,61-/m0/s1. The Balaban J connectivity index is 1.93. The number of carbonyl (C=O) groups excluding carboxylic acids is 13. The number of hydrogen-bond acceptors (Lipinski definition) is 20. The van der Waals surface area contributed by atoms with Gasteiger partial charge in [-0.3, -0.25) is 67.1 Å². The van der Waals surface area contributed by atoms with Crippen LogP contribution < -0.4 is 65.1 Å². The molecule has 2 rings (SSSR count). The van der Waals surface area contributed by atoms with Crippen LogP contribution in [-0.4, -0.2) is 230 Å². The van der Waals surface area contributed by atoms with Gasteiger partial charge in [0.2, 0.25) is 76.8 Å². The first kappa shape index (κ1) is 89.3. The number of benzene rings is 1. The number of carboxylic acid groups (broad SMARTS) is 1. The van der Waals surface area contributed by atoms with Crippen LogP contribution in [0.2, 0.25) is 0 Å². The monoisotopic (exact) mass is 1470 g/mol. The highest BCUT2D eigenvalue weighted by Gasteiger charge is 2.36. The van der Waals surface area contributed by atoms with Crippen molar-refractivity contribution in [2.24, 2.45) is 23.1 Å². The fourth-order valence-electron chi connectivity index (χ4n) is 10.2. The Morgan fingerprint density at radius 2 is 1.16 bits per heavy atom. The number of primary amides is 3. The number of nitrogens with zero attached hydrogens (tertiary/aromatic N) is 1. The summed E-state index contributed by atoms with van der Waals surface area (Å²) in [6, 6.07) is -2.98. The smallest absolute Gasteiger partial charge is 0.303 e. The highest BCUT2D eigenvalue weighted by atomic mass is 32.2. The molecule has 1 aliphatic heterocycles. The molecular formula is C67H111N13O19S2. The van der Waals surface area contributed by atoms with Crippen molar-refractivity contribution in [2.45, 2.75) is 198 Å². The molecule has 0 unspecified atom stereocenters. The van der Waals surface area contributed by atoms with E-state index in [1.54, 1.807) is 26.0 Å². The van der Waals surface area contributed by atoms with Crippen LogP contribution in [0.25, 0.3) is 0 Å². The summed E-state index contributed by atoms with van der Waals surface area (Å²) >= 11 is 2.05. The Morgan fingerprint density at radius 3 is 1.71 bits per heavy atom. The SMILES string of the molecule is CC[C@H](C)[C@@H]1NC(=O)[C@H](Cc2ccc(O)cc2)NC(=O)CCCSC[C@@H](C(=O)NCC(=O)N[C@@H](CSCC(=O)NCCOCCOCCOCCNC(=O)CCCCCCCCCCCCCCCCC(=O)O)C(=O)N(C)CC(N)=O)NC(=O)[C@H](CC(N)=O)NC(=O)[C@H](CCC(N)=O)NC1=O. The van der Waals surface area contributed by atoms with Crippen molar-refractivity contribution in [3.8, 4) is 5.75 Å². The number of amides is 13. The van der Waals surface area contributed by atoms with Crippen molar-refractivity contribution < 1.29 is 91.5 Å². The number of aliphatic carboxylic acids is 1. The molecule has 1 fully saturated rings. The van der Waals surface area contributed by atoms with E-state index >= 15 is 0 Å². The minimum atomic E-state index is -1.79. The van der Waals surface area contributed by atoms with E-state index in [1.165, 1.54) is 70.5 Å². The van der Waals surface area contributed by atoms with Crippen LogP contribution in [0, 0.1) is 5.92 Å². The van der Waals surface area contributed by atoms with E-state index in [2.05, 4.69) is 47.9 Å². The Kier molecular flexibility index (Phi) is 47.7. The Bertz CT molecular complexity index is 2760. The predicted octanol–water partition coefficient (Wildman–Crippen LogP) is -0.0410. The number of likely N-dealkylation sites (N-methyl/N-ethyl adjacent to an activating group) is 1. The number of nitrogens with one attached hydrogen (secondary N) is 9. The maximum absolute atomic E-state index is 14.1. The zero-order chi connectivity index (χ0) is 74.7. The van der Waals surface area contributed by atoms with Crippen molar-refractivity contribution in [3.63, 3.8) is 0 Å². The molecular weight excluding hydrogens is 1350 g/mol. The number of thioether (sulfide) groups is 2. The molecule has 0 aliphatic carbocycles. The minimum Gasteiger partial charge on any atom is -0.508 e. The molecule has 34 heteroatoms. The van der Waals surface area contributed by atoms with Crippen LogP contribution in [0.15, 0.2) is 24.3 Å². The summed E-state index contributed by atoms with van der Waals surface area (Å²) in [7, 11) is 1.27. The largest absolute Gasteiger partial charge is 0.508 e. The Morgan fingerprint density at radius 1 is 0.624 bits per heavy atom. The summed E-state index contributed by atoms with van der Waals surface area (Å²) in [6.45, 7) is 4.23. The van der Waals surface area contributed by atoms with Gasteiger partial charge in [-0.2, -0.15) is 11.8 Å². The first-order valence-electron chi connectivity index (χ1n) is 34.9. The number of phenols is 1. The fraction of sp³-hybridized carbons (Fsp3) is 0.701. The number of carboxylic acids is 1. The maximum atomic E-state index is 14.1. The lowest BCUT2D eigenvalue weighted by Gasteiger charge is -2.29. The van der Waals surface area contributed by atoms with Gasteiger partial charge >= 0.3 is 5.97 Å². The number of unbranched alkanes of at least 4 members (excludes halogenated alkanes) is 13. The quantitative estimate of drug-likeness (QED) is 0.0381. The number of aromatic hydroxyl groups is 1. The molecule has 32 nitrogen and oxygen atoms in total. The van der Waals surface area contributed by atoms with Gasteiger partial charge < -0.3 is 94.4 Å². The second-order valence-corrected chi connectivity index (χ2v) is 27.0. The van der Waals surface area contributed by atoms with Crippen molar-refractivity contribution in [1.29, 1.82) is 0 Å². The summed E-state index contributed by atoms with van der Waals surface area (Å²) in [4.78, 5) is 183. The van der Waals surface area contributed by atoms with E-state index < -0.39 is 151 Å². The third-order valence-corrected chi connectivity index (χ3v) is 18.2. The normalized spacial score (nSPS) is 17.8. The molecule has 7 atom stereocenters. The first-order valence-corrected chi connectivity index (χ1v) is 37.2. The second kappa shape index (κ2) is 54.0. The zero-order valence-electron chi connectivity index (χ0n) is 58.8. The summed E-state index contributed by atoms with van der Waals surface area (Å²) in [5, 5.41) is 41.8. The van der Waals surface area contributed by atoms with Gasteiger partial charge in [-0.05, 0) is 55.1 Å². The molecule has 0 saturated carbocycles. The third-order valence-electron chi connectivity index (χ3n) is 16.1. The van der Waals surface area contributed by atoms with Gasteiger partial charge in [0.15, 0.2) is 0 Å². The molecule has 17 N–H and O–H groups in total. The van der Waals surface area contributed by atoms with Crippen LogP contribution in [-0.2, 0) is 87.8 Å². The first-order chi connectivity index (χ1) is 48.3. The van der Waals surface area contributed by atoms with Crippen LogP contribution in [0.3, 0.4) is 0 Å². The van der Waals surface area contributed by atoms with E-state index in [4.69, 9.17) is 36.5 Å². The molecule has 0 bridgehead atoms. The average Bonchev–Trinajstić information content (AvgIpc) is 0.854. The minimum absolute atomic E-state index is 0.00288. The average molecular weight is 1470 g/mol. The molecule has 1 aromatic carbocycles. The predicted molar refractivity (Wildman–Crippen MR) is 379 cm³/mol. The lowest BCUT2D eigenvalue weighted by atomic mass is 9.96. The van der Waals surface area contributed by atoms with Crippen molar-refractivity contribution in [1.82, 2.24) is 52.8 Å². The van der Waals surface area contributed by atoms with Gasteiger partial charge in [0.05, 0.1) is 64.9 Å². The Hall–Kier alpha value is -7.82. The summed E-state index contributed by atoms with van der Waals surface area (Å²) in [5.74, 6) is -12.1. The van der Waals surface area contributed by atoms with Crippen LogP contribution in [0.1, 0.15) is 161 Å². The van der Waals surface area contributed by atoms with E-state index in [-0.39, 0.29) is 86.7 Å². The zero-order valence-corrected chi connectivity index (χ0v) is 60.5. The van der Waals surface area contributed by atoms with Crippen LogP contribution >= 0.6 is 23.5 Å². The number of nitrogens with two attached hydrogens (primary N) is 3. The summed E-state index contributed by atoms with van der Waals surface area (Å²) < 4.78 is 16.6. The van der Waals surface area contributed by atoms with Crippen molar-refractivity contribution >= 4 is 106 Å². The number of ether oxygens (including phenoxy) is 3. The van der Waals surface area contributed by atoms with Crippen LogP contribution in [0.4, 0.5) is 0 Å². The molecule has 0 spiro atoms. The molecule has 1 heterocycles. The fourth-order valence-corrected chi connectivity index (χ4v) is 12.1. The van der Waals surface area contributed by atoms with Gasteiger partial charge in [-0.15, -0.1) is 11.8 Å². The molecule has 101 heavy (non-hydrogen) atoms. The van der Waals surface area contributed by atoms with Gasteiger partial charge in [-0.1, -0.05) is 109 Å². The summed E-state index contributed by atoms with van der Waals surface area (Å²) in [5.41, 5.74) is 16.8. The van der Waals surface area contributed by atoms with Gasteiger partial charge in [-0.25, -0.2) is 0 Å². The van der Waals surface area contributed by atoms with Gasteiger partial charge in [0.25, 0.3) is 0 Å². The van der Waals surface area contributed by atoms with Gasteiger partial charge in [0.1, 0.15) is 42.0 Å². The number of phenolic OH excluding ortho intramolecular Hbond substituents is 1. The topological polar surface area (TPSA) is 497 Å². The molecule has 0 aromatic heterocycles. The second-order valence-electron chi connectivity index (χ2n) is 24.8. The molecule has 0 radical (unpaired) electrons. The van der Waals surface area contributed by atoms with Crippen LogP contribution in [0.5, 0.6) is 5.75 Å². The van der Waals surface area contributed by atoms with E-state index in [0.29, 0.717) is 44.8 Å². The number of rotatable bonds is 49. The highest BCUT2D eigenvalue weighted by molar-refractivity contribution is 8.00. The third kappa shape index (κ3) is 43.6. The molecule has 570 valence electrons. The lowest BCUT2D eigenvalue weighted by molar-refractivity contribution is -0.137.